The van der Waals surface area contributed by atoms with E-state index < -0.39 is 0 Å². The van der Waals surface area contributed by atoms with Crippen LogP contribution in [0.3, 0.4) is 0 Å². The molecular formula is C14H29N3O2. The maximum atomic E-state index is 11.6. The molecule has 0 aliphatic carbocycles. The van der Waals surface area contributed by atoms with Gasteiger partial charge in [-0.05, 0) is 46.4 Å². The van der Waals surface area contributed by atoms with E-state index >= 15 is 0 Å². The minimum atomic E-state index is -0.182. The third-order valence-electron chi connectivity index (χ3n) is 3.93. The number of likely N-dealkylation sites (N-methyl/N-ethyl adjacent to an activating group) is 3. The Hall–Kier alpha value is -0.650. The van der Waals surface area contributed by atoms with E-state index in [4.69, 9.17) is 4.74 Å². The van der Waals surface area contributed by atoms with Crippen LogP contribution in [0, 0.1) is 0 Å². The lowest BCUT2D eigenvalue weighted by molar-refractivity contribution is -0.143. The fraction of sp³-hybridized carbons (Fsp3) is 0.929. The van der Waals surface area contributed by atoms with E-state index in [1.807, 2.05) is 6.92 Å². The Labute approximate surface area is 117 Å². The second-order valence-corrected chi connectivity index (χ2v) is 5.46. The van der Waals surface area contributed by atoms with Crippen molar-refractivity contribution in [1.82, 2.24) is 15.1 Å². The smallest absolute Gasteiger partial charge is 0.322 e. The molecule has 0 bridgehead atoms. The number of esters is 1. The lowest BCUT2D eigenvalue weighted by Gasteiger charge is -2.36. The van der Waals surface area contributed by atoms with Crippen LogP contribution in [0.25, 0.3) is 0 Å². The van der Waals surface area contributed by atoms with Gasteiger partial charge in [-0.2, -0.15) is 0 Å². The molecule has 1 aliphatic heterocycles. The number of nitrogens with zero attached hydrogens (tertiary/aromatic N) is 2. The molecule has 0 aromatic rings. The average Bonchev–Trinajstić information content (AvgIpc) is 2.42. The van der Waals surface area contributed by atoms with Crippen LogP contribution in [0.2, 0.25) is 0 Å². The van der Waals surface area contributed by atoms with Gasteiger partial charge >= 0.3 is 5.97 Å². The number of piperidine rings is 1. The van der Waals surface area contributed by atoms with Gasteiger partial charge in [0.1, 0.15) is 6.04 Å². The molecule has 1 saturated heterocycles. The maximum absolute atomic E-state index is 11.6. The van der Waals surface area contributed by atoms with E-state index in [0.717, 1.165) is 26.1 Å². The van der Waals surface area contributed by atoms with E-state index in [9.17, 15) is 4.79 Å². The van der Waals surface area contributed by atoms with Gasteiger partial charge in [-0.3, -0.25) is 4.79 Å². The van der Waals surface area contributed by atoms with Gasteiger partial charge in [0.05, 0.1) is 7.11 Å². The van der Waals surface area contributed by atoms with E-state index in [-0.39, 0.29) is 12.0 Å². The van der Waals surface area contributed by atoms with Crippen molar-refractivity contribution in [3.8, 4) is 0 Å². The highest BCUT2D eigenvalue weighted by Crippen LogP contribution is 2.14. The zero-order valence-electron chi connectivity index (χ0n) is 12.8. The summed E-state index contributed by atoms with van der Waals surface area (Å²) < 4.78 is 4.83. The largest absolute Gasteiger partial charge is 0.468 e. The highest BCUT2D eigenvalue weighted by atomic mass is 16.5. The number of hydrogen-bond donors (Lipinski definition) is 1. The van der Waals surface area contributed by atoms with Crippen molar-refractivity contribution in [2.24, 2.45) is 0 Å². The molecule has 2 unspecified atom stereocenters. The monoisotopic (exact) mass is 271 g/mol. The van der Waals surface area contributed by atoms with Crippen molar-refractivity contribution in [3.63, 3.8) is 0 Å². The van der Waals surface area contributed by atoms with E-state index in [1.54, 1.807) is 0 Å². The van der Waals surface area contributed by atoms with E-state index in [0.29, 0.717) is 6.04 Å². The summed E-state index contributed by atoms with van der Waals surface area (Å²) in [5, 5.41) is 3.19. The molecule has 1 aliphatic rings. The zero-order valence-corrected chi connectivity index (χ0v) is 12.8. The maximum Gasteiger partial charge on any atom is 0.322 e. The quantitative estimate of drug-likeness (QED) is 0.685. The summed E-state index contributed by atoms with van der Waals surface area (Å²) in [4.78, 5) is 16.4. The van der Waals surface area contributed by atoms with Crippen LogP contribution in [0.5, 0.6) is 0 Å². The second kappa shape index (κ2) is 8.51. The summed E-state index contributed by atoms with van der Waals surface area (Å²) in [5.41, 5.74) is 0. The minimum absolute atomic E-state index is 0.156. The summed E-state index contributed by atoms with van der Waals surface area (Å²) in [6.45, 7) is 6.05. The van der Waals surface area contributed by atoms with Gasteiger partial charge in [0.2, 0.25) is 0 Å². The van der Waals surface area contributed by atoms with Crippen LogP contribution in [-0.4, -0.2) is 75.2 Å². The molecule has 0 saturated carbocycles. The molecule has 1 fully saturated rings. The van der Waals surface area contributed by atoms with Crippen LogP contribution in [-0.2, 0) is 9.53 Å². The number of hydrogen-bond acceptors (Lipinski definition) is 5. The summed E-state index contributed by atoms with van der Waals surface area (Å²) >= 11 is 0. The number of carbonyl (C=O) groups excluding carboxylic acids is 1. The molecule has 112 valence electrons. The Bertz CT molecular complexity index is 273. The first-order valence-corrected chi connectivity index (χ1v) is 7.28. The van der Waals surface area contributed by atoms with Gasteiger partial charge in [-0.15, -0.1) is 0 Å². The molecule has 1 heterocycles. The van der Waals surface area contributed by atoms with Gasteiger partial charge in [-0.25, -0.2) is 0 Å². The molecule has 0 radical (unpaired) electrons. The fourth-order valence-corrected chi connectivity index (χ4v) is 2.71. The van der Waals surface area contributed by atoms with Crippen LogP contribution >= 0.6 is 0 Å². The third kappa shape index (κ3) is 5.47. The Kier molecular flexibility index (Phi) is 7.34. The first kappa shape index (κ1) is 16.4. The lowest BCUT2D eigenvalue weighted by atomic mass is 10.0. The highest BCUT2D eigenvalue weighted by Gasteiger charge is 2.23. The first-order chi connectivity index (χ1) is 9.08. The molecule has 5 heteroatoms. The van der Waals surface area contributed by atoms with Crippen LogP contribution in [0.1, 0.15) is 26.2 Å². The van der Waals surface area contributed by atoms with E-state index in [2.05, 4.69) is 29.2 Å². The topological polar surface area (TPSA) is 44.8 Å². The Balaban J connectivity index is 2.37. The molecular weight excluding hydrogens is 242 g/mol. The van der Waals surface area contributed by atoms with Gasteiger partial charge in [0.25, 0.3) is 0 Å². The van der Waals surface area contributed by atoms with Crippen molar-refractivity contribution < 1.29 is 9.53 Å². The number of carbonyl (C=O) groups is 1. The molecule has 1 N–H and O–H groups in total. The van der Waals surface area contributed by atoms with Gasteiger partial charge in [0.15, 0.2) is 0 Å². The van der Waals surface area contributed by atoms with E-state index in [1.165, 1.54) is 26.5 Å². The van der Waals surface area contributed by atoms with Crippen molar-refractivity contribution >= 4 is 5.97 Å². The highest BCUT2D eigenvalue weighted by molar-refractivity contribution is 5.75. The van der Waals surface area contributed by atoms with Crippen LogP contribution < -0.4 is 5.32 Å². The van der Waals surface area contributed by atoms with Crippen molar-refractivity contribution in [1.29, 1.82) is 0 Å². The molecule has 0 spiro atoms. The molecule has 5 nitrogen and oxygen atoms in total. The summed E-state index contributed by atoms with van der Waals surface area (Å²) in [6.07, 6.45) is 3.32. The summed E-state index contributed by atoms with van der Waals surface area (Å²) in [5.74, 6) is -0.156. The predicted molar refractivity (Wildman–Crippen MR) is 77.2 cm³/mol. The molecule has 19 heavy (non-hydrogen) atoms. The predicted octanol–water partition coefficient (Wildman–Crippen LogP) is 0.554. The lowest BCUT2D eigenvalue weighted by Crippen LogP contribution is -2.47. The normalized spacial score (nSPS) is 22.5. The molecule has 1 rings (SSSR count). The third-order valence-corrected chi connectivity index (χ3v) is 3.93. The molecule has 0 aromatic carbocycles. The standard InChI is InChI=1S/C14H29N3O2/c1-5-15-13(14(18)19-4)8-10-17(3)12-7-6-9-16(2)11-12/h12-13,15H,5-11H2,1-4H3. The summed E-state index contributed by atoms with van der Waals surface area (Å²) in [6, 6.07) is 0.428. The number of ether oxygens (including phenoxy) is 1. The number of nitrogens with one attached hydrogen (secondary N) is 1. The van der Waals surface area contributed by atoms with Gasteiger partial charge < -0.3 is 19.9 Å². The van der Waals surface area contributed by atoms with Crippen LogP contribution in [0.4, 0.5) is 0 Å². The van der Waals surface area contributed by atoms with Crippen molar-refractivity contribution in [3.05, 3.63) is 0 Å². The number of rotatable bonds is 7. The van der Waals surface area contributed by atoms with Gasteiger partial charge in [0, 0.05) is 19.1 Å². The minimum Gasteiger partial charge on any atom is -0.468 e. The number of methoxy groups -OCH3 is 1. The van der Waals surface area contributed by atoms with Crippen LogP contribution in [0.15, 0.2) is 0 Å². The molecule has 0 amide bonds. The second-order valence-electron chi connectivity index (χ2n) is 5.46. The molecule has 2 atom stereocenters. The average molecular weight is 271 g/mol. The van der Waals surface area contributed by atoms with Gasteiger partial charge in [-0.1, -0.05) is 6.92 Å². The Morgan fingerprint density at radius 1 is 1.58 bits per heavy atom. The number of likely N-dealkylation sites (tertiary alicyclic amines) is 1. The zero-order chi connectivity index (χ0) is 14.3. The SMILES string of the molecule is CCNC(CCN(C)C1CCCN(C)C1)C(=O)OC. The summed E-state index contributed by atoms with van der Waals surface area (Å²) in [7, 11) is 5.78. The van der Waals surface area contributed by atoms with Crippen molar-refractivity contribution in [2.75, 3.05) is 47.4 Å². The Morgan fingerprint density at radius 3 is 2.89 bits per heavy atom. The fourth-order valence-electron chi connectivity index (χ4n) is 2.71. The van der Waals surface area contributed by atoms with Crippen molar-refractivity contribution in [2.45, 2.75) is 38.3 Å². The first-order valence-electron chi connectivity index (χ1n) is 7.28. The molecule has 0 aromatic heterocycles. The Morgan fingerprint density at radius 2 is 2.32 bits per heavy atom.